The Bertz CT molecular complexity index is 1020. The first-order valence-corrected chi connectivity index (χ1v) is 14.3. The van der Waals surface area contributed by atoms with Gasteiger partial charge in [0.25, 0.3) is 5.91 Å². The lowest BCUT2D eigenvalue weighted by Gasteiger charge is -2.36. The molecule has 0 aromatic rings. The summed E-state index contributed by atoms with van der Waals surface area (Å²) < 4.78 is 5.53. The van der Waals surface area contributed by atoms with Crippen molar-refractivity contribution in [3.05, 3.63) is 0 Å². The van der Waals surface area contributed by atoms with Crippen LogP contribution in [0.3, 0.4) is 0 Å². The van der Waals surface area contributed by atoms with Crippen LogP contribution in [0.15, 0.2) is 0 Å². The number of fused-ring (bicyclic) bond motifs is 1. The smallest absolute Gasteiger partial charge is 0.429 e. The molecule has 0 aromatic carbocycles. The average molecular weight is 548 g/mol. The lowest BCUT2D eigenvalue weighted by Crippen LogP contribution is -2.60. The third-order valence-corrected chi connectivity index (χ3v) is 8.91. The molecule has 11 nitrogen and oxygen atoms in total. The highest BCUT2D eigenvalue weighted by atomic mass is 16.6. The lowest BCUT2D eigenvalue weighted by molar-refractivity contribution is -0.146. The molecule has 5 amide bonds. The molecule has 6 atom stereocenters. The molecule has 0 aromatic heterocycles. The Morgan fingerprint density at radius 1 is 1.15 bits per heavy atom. The Labute approximate surface area is 231 Å². The maximum absolute atomic E-state index is 13.9. The molecular formula is C28H45N5O6. The Morgan fingerprint density at radius 2 is 1.82 bits per heavy atom. The van der Waals surface area contributed by atoms with E-state index in [-0.39, 0.29) is 53.4 Å². The van der Waals surface area contributed by atoms with Crippen LogP contribution < -0.4 is 16.1 Å². The highest BCUT2D eigenvalue weighted by Crippen LogP contribution is 2.65. The second kappa shape index (κ2) is 10.6. The third-order valence-electron chi connectivity index (χ3n) is 8.91. The van der Waals surface area contributed by atoms with Crippen molar-refractivity contribution in [1.29, 1.82) is 0 Å². The van der Waals surface area contributed by atoms with Crippen molar-refractivity contribution < 1.29 is 28.7 Å². The van der Waals surface area contributed by atoms with E-state index in [1.807, 2.05) is 13.8 Å². The molecule has 0 spiro atoms. The van der Waals surface area contributed by atoms with Gasteiger partial charge in [-0.15, -0.1) is 0 Å². The van der Waals surface area contributed by atoms with Crippen LogP contribution in [0.4, 0.5) is 4.79 Å². The quantitative estimate of drug-likeness (QED) is 0.397. The number of hydrogen-bond donors (Lipinski definition) is 3. The molecule has 2 heterocycles. The zero-order chi connectivity index (χ0) is 28.9. The largest absolute Gasteiger partial charge is 0.442 e. The number of piperidine rings is 1. The Morgan fingerprint density at radius 3 is 2.36 bits per heavy atom. The molecular weight excluding hydrogens is 502 g/mol. The third kappa shape index (κ3) is 6.17. The monoisotopic (exact) mass is 547 g/mol. The molecule has 4 rings (SSSR count). The highest BCUT2D eigenvalue weighted by molar-refractivity contribution is 5.94. The summed E-state index contributed by atoms with van der Waals surface area (Å²) in [6.45, 7) is 14.2. The molecule has 39 heavy (non-hydrogen) atoms. The molecule has 0 radical (unpaired) electrons. The summed E-state index contributed by atoms with van der Waals surface area (Å²) in [6, 6.07) is -1.52. The van der Waals surface area contributed by atoms with Crippen molar-refractivity contribution in [3.63, 3.8) is 0 Å². The zero-order valence-corrected chi connectivity index (χ0v) is 24.3. The number of hydrogen-bond acceptors (Lipinski definition) is 6. The van der Waals surface area contributed by atoms with Crippen LogP contribution in [-0.4, -0.2) is 76.9 Å². The predicted molar refractivity (Wildman–Crippen MR) is 143 cm³/mol. The van der Waals surface area contributed by atoms with Gasteiger partial charge in [0.2, 0.25) is 17.7 Å². The maximum Gasteiger partial charge on any atom is 0.429 e. The van der Waals surface area contributed by atoms with Gasteiger partial charge >= 0.3 is 6.09 Å². The first kappa shape index (κ1) is 29.1. The van der Waals surface area contributed by atoms with E-state index in [9.17, 15) is 24.0 Å². The number of carbonyl (C=O) groups is 5. The van der Waals surface area contributed by atoms with Gasteiger partial charge in [0.05, 0.1) is 12.5 Å². The molecule has 11 heteroatoms. The maximum atomic E-state index is 13.9. The summed E-state index contributed by atoms with van der Waals surface area (Å²) in [6.07, 6.45) is 2.14. The highest BCUT2D eigenvalue weighted by Gasteiger charge is 2.69. The van der Waals surface area contributed by atoms with Crippen LogP contribution in [0, 0.1) is 35.0 Å². The summed E-state index contributed by atoms with van der Waals surface area (Å²) in [5.74, 6) is -1.58. The minimum atomic E-state index is -0.805. The zero-order valence-electron chi connectivity index (χ0n) is 24.3. The number of rotatable bonds is 8. The number of likely N-dealkylation sites (tertiary alicyclic amines) is 1. The number of amides is 5. The van der Waals surface area contributed by atoms with Crippen molar-refractivity contribution in [3.8, 4) is 0 Å². The Hall–Kier alpha value is -2.85. The van der Waals surface area contributed by atoms with Crippen LogP contribution in [-0.2, 0) is 23.9 Å². The fourth-order valence-corrected chi connectivity index (χ4v) is 6.01. The van der Waals surface area contributed by atoms with Crippen molar-refractivity contribution in [2.75, 3.05) is 19.6 Å². The summed E-state index contributed by atoms with van der Waals surface area (Å²) in [5.41, 5.74) is 1.78. The number of ether oxygens (including phenoxy) is 1. The van der Waals surface area contributed by atoms with Gasteiger partial charge in [0.15, 0.2) is 0 Å². The summed E-state index contributed by atoms with van der Waals surface area (Å²) in [5, 5.41) is 6.80. The molecule has 0 bridgehead atoms. The molecule has 3 N–H and O–H groups in total. The molecule has 4 aliphatic rings. The van der Waals surface area contributed by atoms with E-state index >= 15 is 0 Å². The minimum Gasteiger partial charge on any atom is -0.442 e. The van der Waals surface area contributed by atoms with E-state index in [2.05, 4.69) is 29.9 Å². The van der Waals surface area contributed by atoms with Gasteiger partial charge in [-0.3, -0.25) is 24.6 Å². The average Bonchev–Trinajstić information content (AvgIpc) is 3.66. The predicted octanol–water partition coefficient (Wildman–Crippen LogP) is 1.81. The van der Waals surface area contributed by atoms with Crippen LogP contribution in [0.1, 0.15) is 74.1 Å². The van der Waals surface area contributed by atoms with Gasteiger partial charge < -0.3 is 20.3 Å². The number of nitrogens with zero attached hydrogens (tertiary/aromatic N) is 2. The van der Waals surface area contributed by atoms with Gasteiger partial charge in [-0.05, 0) is 63.2 Å². The van der Waals surface area contributed by atoms with Gasteiger partial charge in [-0.25, -0.2) is 9.80 Å². The van der Waals surface area contributed by atoms with Crippen LogP contribution >= 0.6 is 0 Å². The minimum absolute atomic E-state index is 0.0302. The van der Waals surface area contributed by atoms with Crippen molar-refractivity contribution in [2.45, 2.75) is 91.8 Å². The summed E-state index contributed by atoms with van der Waals surface area (Å²) in [7, 11) is 0. The normalized spacial score (nSPS) is 28.6. The molecule has 2 saturated heterocycles. The van der Waals surface area contributed by atoms with E-state index in [0.29, 0.717) is 25.9 Å². The van der Waals surface area contributed by atoms with E-state index in [4.69, 9.17) is 4.74 Å². The van der Waals surface area contributed by atoms with Crippen LogP contribution in [0.5, 0.6) is 0 Å². The van der Waals surface area contributed by atoms with Crippen molar-refractivity contribution in [1.82, 2.24) is 26.0 Å². The van der Waals surface area contributed by atoms with Gasteiger partial charge in [0.1, 0.15) is 17.7 Å². The molecule has 2 aliphatic heterocycles. The molecule has 2 aliphatic carbocycles. The van der Waals surface area contributed by atoms with Gasteiger partial charge in [0, 0.05) is 19.0 Å². The van der Waals surface area contributed by atoms with Gasteiger partial charge in [-0.1, -0.05) is 34.1 Å². The standard InChI is InChI=1S/C28H45N5O6/c1-8-15(2)20(30-23(35)16-9-10-16)25(37)32-14-18-19(28(18,6)7)21(32)24(36)31-33(26(38)39-27(3,4)5)13-17-11-12-29-22(17)34/h15-21H,8-14H2,1-7H3,(H,29,34)(H,30,35)(H,31,36)/t15?,17-,18-,19-,20?,21-/m0/s1. The lowest BCUT2D eigenvalue weighted by atomic mass is 9.95. The van der Waals surface area contributed by atoms with Crippen molar-refractivity contribution in [2.24, 2.45) is 35.0 Å². The molecule has 2 unspecified atom stereocenters. The molecule has 2 saturated carbocycles. The van der Waals surface area contributed by atoms with Crippen LogP contribution in [0.25, 0.3) is 0 Å². The van der Waals surface area contributed by atoms with E-state index in [0.717, 1.165) is 17.9 Å². The second-order valence-corrected chi connectivity index (χ2v) is 13.4. The number of hydrazine groups is 1. The Kier molecular flexibility index (Phi) is 7.93. The number of carbonyl (C=O) groups excluding carboxylic acids is 5. The van der Waals surface area contributed by atoms with Crippen LogP contribution in [0.2, 0.25) is 0 Å². The van der Waals surface area contributed by atoms with E-state index < -0.39 is 35.6 Å². The van der Waals surface area contributed by atoms with E-state index in [1.165, 1.54) is 0 Å². The number of nitrogens with one attached hydrogen (secondary N) is 3. The fourth-order valence-electron chi connectivity index (χ4n) is 6.01. The first-order chi connectivity index (χ1) is 18.2. The molecule has 4 fully saturated rings. The summed E-state index contributed by atoms with van der Waals surface area (Å²) >= 11 is 0. The first-order valence-electron chi connectivity index (χ1n) is 14.3. The Balaban J connectivity index is 1.55. The fraction of sp³-hybridized carbons (Fsp3) is 0.821. The molecule has 218 valence electrons. The van der Waals surface area contributed by atoms with Gasteiger partial charge in [-0.2, -0.15) is 0 Å². The van der Waals surface area contributed by atoms with Crippen molar-refractivity contribution >= 4 is 29.7 Å². The van der Waals surface area contributed by atoms with E-state index in [1.54, 1.807) is 25.7 Å². The SMILES string of the molecule is CCC(C)C(NC(=O)C1CC1)C(=O)N1C[C@H]2[C@@H]([C@H]1C(=O)NN(C[C@@H]1CCNC1=O)C(=O)OC(C)(C)C)C2(C)C. The summed E-state index contributed by atoms with van der Waals surface area (Å²) in [4.78, 5) is 67.4. The topological polar surface area (TPSA) is 137 Å². The second-order valence-electron chi connectivity index (χ2n) is 13.4.